The lowest BCUT2D eigenvalue weighted by Crippen LogP contribution is -2.32. The molecule has 1 saturated heterocycles. The third kappa shape index (κ3) is 1.88. The van der Waals surface area contributed by atoms with Gasteiger partial charge in [-0.2, -0.15) is 0 Å². The fourth-order valence-electron chi connectivity index (χ4n) is 1.64. The van der Waals surface area contributed by atoms with Crippen molar-refractivity contribution in [1.82, 2.24) is 4.90 Å². The number of rotatable bonds is 3. The first kappa shape index (κ1) is 10.6. The standard InChI is InChI=1S/C12H15NO/c1-4-7-8-13-11(6-3)9-10(5-2)12(13)14/h5-6,10-11H,2-3,8-9H2,1H3. The molecule has 0 bridgehead atoms. The van der Waals surface area contributed by atoms with Crippen molar-refractivity contribution in [2.24, 2.45) is 5.92 Å². The number of nitrogens with zero attached hydrogens (tertiary/aromatic N) is 1. The molecule has 1 fully saturated rings. The van der Waals surface area contributed by atoms with Crippen LogP contribution in [0.4, 0.5) is 0 Å². The minimum absolute atomic E-state index is 0.0587. The summed E-state index contributed by atoms with van der Waals surface area (Å²) in [6.07, 6.45) is 4.30. The average Bonchev–Trinajstić information content (AvgIpc) is 2.52. The maximum Gasteiger partial charge on any atom is 0.230 e. The van der Waals surface area contributed by atoms with Crippen molar-refractivity contribution in [1.29, 1.82) is 0 Å². The van der Waals surface area contributed by atoms with E-state index in [4.69, 9.17) is 0 Å². The van der Waals surface area contributed by atoms with Gasteiger partial charge < -0.3 is 4.90 Å². The van der Waals surface area contributed by atoms with Gasteiger partial charge in [-0.05, 0) is 13.3 Å². The first-order valence-electron chi connectivity index (χ1n) is 4.69. The Morgan fingerprint density at radius 2 is 2.29 bits per heavy atom. The highest BCUT2D eigenvalue weighted by Crippen LogP contribution is 2.25. The molecule has 1 aliphatic rings. The van der Waals surface area contributed by atoms with Gasteiger partial charge in [-0.1, -0.05) is 18.1 Å². The third-order valence-electron chi connectivity index (χ3n) is 2.48. The summed E-state index contributed by atoms with van der Waals surface area (Å²) >= 11 is 0. The molecule has 0 N–H and O–H groups in total. The van der Waals surface area contributed by atoms with Crippen molar-refractivity contribution in [3.63, 3.8) is 0 Å². The minimum Gasteiger partial charge on any atom is -0.325 e. The first-order chi connectivity index (χ1) is 6.74. The molecule has 2 atom stereocenters. The maximum absolute atomic E-state index is 11.8. The van der Waals surface area contributed by atoms with Crippen LogP contribution < -0.4 is 0 Å². The van der Waals surface area contributed by atoms with Gasteiger partial charge in [0.15, 0.2) is 0 Å². The van der Waals surface area contributed by atoms with E-state index < -0.39 is 0 Å². The first-order valence-corrected chi connectivity index (χ1v) is 4.69. The number of amides is 1. The van der Waals surface area contributed by atoms with E-state index in [9.17, 15) is 4.79 Å². The van der Waals surface area contributed by atoms with Crippen molar-refractivity contribution >= 4 is 5.91 Å². The summed E-state index contributed by atoms with van der Waals surface area (Å²) in [5.41, 5.74) is 0. The zero-order chi connectivity index (χ0) is 10.6. The lowest BCUT2D eigenvalue weighted by atomic mass is 10.1. The van der Waals surface area contributed by atoms with E-state index in [0.717, 1.165) is 6.42 Å². The fraction of sp³-hybridized carbons (Fsp3) is 0.417. The summed E-state index contributed by atoms with van der Waals surface area (Å²) < 4.78 is 0. The highest BCUT2D eigenvalue weighted by Gasteiger charge is 2.35. The van der Waals surface area contributed by atoms with Crippen LogP contribution in [0, 0.1) is 17.8 Å². The number of carbonyl (C=O) groups is 1. The molecule has 1 amide bonds. The van der Waals surface area contributed by atoms with Crippen molar-refractivity contribution < 1.29 is 4.79 Å². The summed E-state index contributed by atoms with van der Waals surface area (Å²) in [6.45, 7) is 9.66. The fourth-order valence-corrected chi connectivity index (χ4v) is 1.64. The third-order valence-corrected chi connectivity index (χ3v) is 2.48. The second-order valence-corrected chi connectivity index (χ2v) is 3.27. The van der Waals surface area contributed by atoms with Gasteiger partial charge in [0, 0.05) is 0 Å². The normalized spacial score (nSPS) is 25.5. The Morgan fingerprint density at radius 3 is 2.79 bits per heavy atom. The van der Waals surface area contributed by atoms with Crippen molar-refractivity contribution in [3.8, 4) is 11.8 Å². The van der Waals surface area contributed by atoms with Gasteiger partial charge in [0.2, 0.25) is 5.91 Å². The van der Waals surface area contributed by atoms with Gasteiger partial charge in [-0.15, -0.1) is 19.1 Å². The number of carbonyl (C=O) groups excluding carboxylic acids is 1. The second kappa shape index (κ2) is 4.66. The predicted molar refractivity (Wildman–Crippen MR) is 57.5 cm³/mol. The summed E-state index contributed by atoms with van der Waals surface area (Å²) in [5, 5.41) is 0. The Labute approximate surface area is 85.3 Å². The highest BCUT2D eigenvalue weighted by atomic mass is 16.2. The van der Waals surface area contributed by atoms with Crippen LogP contribution in [0.25, 0.3) is 0 Å². The largest absolute Gasteiger partial charge is 0.325 e. The Morgan fingerprint density at radius 1 is 1.57 bits per heavy atom. The molecule has 0 aromatic carbocycles. The van der Waals surface area contributed by atoms with E-state index in [0.29, 0.717) is 6.54 Å². The molecule has 0 aliphatic carbocycles. The van der Waals surface area contributed by atoms with E-state index in [1.807, 2.05) is 0 Å². The van der Waals surface area contributed by atoms with Gasteiger partial charge in [-0.3, -0.25) is 4.79 Å². The topological polar surface area (TPSA) is 20.3 Å². The van der Waals surface area contributed by atoms with Gasteiger partial charge in [0.1, 0.15) is 0 Å². The Kier molecular flexibility index (Phi) is 3.53. The van der Waals surface area contributed by atoms with Crippen LogP contribution >= 0.6 is 0 Å². The summed E-state index contributed by atoms with van der Waals surface area (Å²) in [5.74, 6) is 5.75. The second-order valence-electron chi connectivity index (χ2n) is 3.27. The number of likely N-dealkylation sites (tertiary alicyclic amines) is 1. The lowest BCUT2D eigenvalue weighted by Gasteiger charge is -2.18. The van der Waals surface area contributed by atoms with Gasteiger partial charge in [0.25, 0.3) is 0 Å². The van der Waals surface area contributed by atoms with E-state index >= 15 is 0 Å². The molecule has 14 heavy (non-hydrogen) atoms. The average molecular weight is 189 g/mol. The zero-order valence-electron chi connectivity index (χ0n) is 8.49. The molecule has 0 aromatic heterocycles. The van der Waals surface area contributed by atoms with Crippen LogP contribution in [0.3, 0.4) is 0 Å². The molecule has 0 aromatic rings. The summed E-state index contributed by atoms with van der Waals surface area (Å²) in [4.78, 5) is 13.5. The van der Waals surface area contributed by atoms with Crippen LogP contribution in [0.15, 0.2) is 25.3 Å². The van der Waals surface area contributed by atoms with E-state index in [1.54, 1.807) is 24.0 Å². The van der Waals surface area contributed by atoms with E-state index in [-0.39, 0.29) is 17.9 Å². The van der Waals surface area contributed by atoms with Crippen LogP contribution in [0.2, 0.25) is 0 Å². The monoisotopic (exact) mass is 189 g/mol. The molecule has 1 heterocycles. The molecule has 74 valence electrons. The Bertz CT molecular complexity index is 308. The van der Waals surface area contributed by atoms with Gasteiger partial charge in [0.05, 0.1) is 18.5 Å². The molecule has 2 unspecified atom stereocenters. The number of hydrogen-bond acceptors (Lipinski definition) is 1. The van der Waals surface area contributed by atoms with Gasteiger partial charge >= 0.3 is 0 Å². The highest BCUT2D eigenvalue weighted by molar-refractivity contribution is 5.83. The van der Waals surface area contributed by atoms with Crippen molar-refractivity contribution in [3.05, 3.63) is 25.3 Å². The molecule has 0 radical (unpaired) electrons. The Hall–Kier alpha value is -1.49. The zero-order valence-corrected chi connectivity index (χ0v) is 8.49. The van der Waals surface area contributed by atoms with Crippen molar-refractivity contribution in [2.75, 3.05) is 6.54 Å². The number of hydrogen-bond donors (Lipinski definition) is 0. The maximum atomic E-state index is 11.8. The summed E-state index contributed by atoms with van der Waals surface area (Å²) in [7, 11) is 0. The van der Waals surface area contributed by atoms with Gasteiger partial charge in [-0.25, -0.2) is 0 Å². The molecule has 2 nitrogen and oxygen atoms in total. The smallest absolute Gasteiger partial charge is 0.230 e. The molecule has 2 heteroatoms. The molecule has 1 rings (SSSR count). The van der Waals surface area contributed by atoms with Crippen LogP contribution in [0.1, 0.15) is 13.3 Å². The molecular formula is C12H15NO. The minimum atomic E-state index is -0.0587. The van der Waals surface area contributed by atoms with Crippen LogP contribution in [-0.4, -0.2) is 23.4 Å². The lowest BCUT2D eigenvalue weighted by molar-refractivity contribution is -0.129. The molecule has 1 aliphatic heterocycles. The SMILES string of the molecule is C=CC1CC(C=C)N(CC#CC)C1=O. The molecule has 0 spiro atoms. The van der Waals surface area contributed by atoms with E-state index in [2.05, 4.69) is 25.0 Å². The quantitative estimate of drug-likeness (QED) is 0.488. The molecular weight excluding hydrogens is 174 g/mol. The molecule has 0 saturated carbocycles. The Balaban J connectivity index is 2.77. The predicted octanol–water partition coefficient (Wildman–Crippen LogP) is 1.60. The summed E-state index contributed by atoms with van der Waals surface area (Å²) in [6, 6.07) is 0.117. The van der Waals surface area contributed by atoms with E-state index in [1.165, 1.54) is 0 Å². The van der Waals surface area contributed by atoms with Crippen LogP contribution in [-0.2, 0) is 4.79 Å². The van der Waals surface area contributed by atoms with Crippen molar-refractivity contribution in [2.45, 2.75) is 19.4 Å². The van der Waals surface area contributed by atoms with Crippen LogP contribution in [0.5, 0.6) is 0 Å².